The Hall–Kier alpha value is -1.84. The van der Waals surface area contributed by atoms with Gasteiger partial charge in [0.05, 0.1) is 25.6 Å². The molecule has 18 heavy (non-hydrogen) atoms. The largest absolute Gasteiger partial charge is 0.494 e. The van der Waals surface area contributed by atoms with E-state index in [-0.39, 0.29) is 30.7 Å². The van der Waals surface area contributed by atoms with E-state index in [1.165, 1.54) is 0 Å². The lowest BCUT2D eigenvalue weighted by atomic mass is 10.1. The Morgan fingerprint density at radius 2 is 2.06 bits per heavy atom. The van der Waals surface area contributed by atoms with E-state index < -0.39 is 0 Å². The number of rotatable bonds is 4. The molecule has 2 rings (SSSR count). The number of ether oxygens (including phenoxy) is 1. The number of amides is 1. The van der Waals surface area contributed by atoms with Crippen molar-refractivity contribution >= 4 is 11.7 Å². The molecule has 1 aromatic rings. The second-order valence-electron chi connectivity index (χ2n) is 4.38. The monoisotopic (exact) mass is 247 g/mol. The van der Waals surface area contributed by atoms with Crippen LogP contribution < -0.4 is 4.74 Å². The van der Waals surface area contributed by atoms with Crippen LogP contribution in [0.1, 0.15) is 31.9 Å². The van der Waals surface area contributed by atoms with Crippen molar-refractivity contribution in [1.82, 2.24) is 4.90 Å². The average molecular weight is 247 g/mol. The molecule has 1 aromatic carbocycles. The van der Waals surface area contributed by atoms with Gasteiger partial charge in [0, 0.05) is 5.56 Å². The summed E-state index contributed by atoms with van der Waals surface area (Å²) < 4.78 is 5.56. The van der Waals surface area contributed by atoms with E-state index in [2.05, 4.69) is 0 Å². The first-order chi connectivity index (χ1) is 8.63. The van der Waals surface area contributed by atoms with Crippen molar-refractivity contribution in [3.63, 3.8) is 0 Å². The fraction of sp³-hybridized carbons (Fsp3) is 0.429. The number of carbonyl (C=O) groups excluding carboxylic acids is 2. The topological polar surface area (TPSA) is 46.6 Å². The van der Waals surface area contributed by atoms with Crippen LogP contribution >= 0.6 is 0 Å². The quantitative estimate of drug-likeness (QED) is 0.764. The Morgan fingerprint density at radius 1 is 1.33 bits per heavy atom. The molecule has 0 radical (unpaired) electrons. The molecular formula is C14H17NO3. The Kier molecular flexibility index (Phi) is 3.65. The molecule has 4 heteroatoms. The molecule has 96 valence electrons. The molecule has 0 N–H and O–H groups in total. The minimum Gasteiger partial charge on any atom is -0.494 e. The van der Waals surface area contributed by atoms with Crippen molar-refractivity contribution in [2.24, 2.45) is 0 Å². The van der Waals surface area contributed by atoms with E-state index in [1.807, 2.05) is 38.1 Å². The van der Waals surface area contributed by atoms with E-state index in [9.17, 15) is 9.59 Å². The zero-order chi connectivity index (χ0) is 13.1. The Bertz CT molecular complexity index is 470. The van der Waals surface area contributed by atoms with Gasteiger partial charge < -0.3 is 9.64 Å². The predicted molar refractivity (Wildman–Crippen MR) is 67.4 cm³/mol. The van der Waals surface area contributed by atoms with Crippen molar-refractivity contribution in [2.45, 2.75) is 26.3 Å². The molecule has 1 aliphatic heterocycles. The van der Waals surface area contributed by atoms with E-state index >= 15 is 0 Å². The molecule has 4 nitrogen and oxygen atoms in total. The SMILES string of the molecule is CCOc1ccccc1C(C)N1CC(=O)CC1=O. The highest BCUT2D eigenvalue weighted by Crippen LogP contribution is 2.31. The summed E-state index contributed by atoms with van der Waals surface area (Å²) in [6, 6.07) is 7.50. The van der Waals surface area contributed by atoms with Gasteiger partial charge >= 0.3 is 0 Å². The van der Waals surface area contributed by atoms with Crippen molar-refractivity contribution in [1.29, 1.82) is 0 Å². The molecular weight excluding hydrogens is 230 g/mol. The first-order valence-electron chi connectivity index (χ1n) is 6.16. The molecule has 0 aliphatic carbocycles. The maximum Gasteiger partial charge on any atom is 0.231 e. The number of hydrogen-bond donors (Lipinski definition) is 0. The lowest BCUT2D eigenvalue weighted by Gasteiger charge is -2.25. The third kappa shape index (κ3) is 2.37. The van der Waals surface area contributed by atoms with E-state index in [0.717, 1.165) is 11.3 Å². The molecule has 1 atom stereocenters. The average Bonchev–Trinajstić information content (AvgIpc) is 2.69. The molecule has 0 aromatic heterocycles. The van der Waals surface area contributed by atoms with Gasteiger partial charge in [0.2, 0.25) is 5.91 Å². The summed E-state index contributed by atoms with van der Waals surface area (Å²) in [5.74, 6) is 0.666. The normalized spacial score (nSPS) is 17.1. The molecule has 1 amide bonds. The predicted octanol–water partition coefficient (Wildman–Crippen LogP) is 1.95. The lowest BCUT2D eigenvalue weighted by molar-refractivity contribution is -0.129. The molecule has 0 saturated carbocycles. The number of para-hydroxylation sites is 1. The van der Waals surface area contributed by atoms with Crippen LogP contribution in [-0.4, -0.2) is 29.7 Å². The minimum absolute atomic E-state index is 0.0132. The summed E-state index contributed by atoms with van der Waals surface area (Å²) in [5.41, 5.74) is 0.947. The van der Waals surface area contributed by atoms with Gasteiger partial charge in [0.1, 0.15) is 5.75 Å². The highest BCUT2D eigenvalue weighted by Gasteiger charge is 2.32. The lowest BCUT2D eigenvalue weighted by Crippen LogP contribution is -2.28. The Morgan fingerprint density at radius 3 is 2.67 bits per heavy atom. The smallest absolute Gasteiger partial charge is 0.231 e. The van der Waals surface area contributed by atoms with Crippen LogP contribution in [-0.2, 0) is 9.59 Å². The van der Waals surface area contributed by atoms with Crippen molar-refractivity contribution < 1.29 is 14.3 Å². The van der Waals surface area contributed by atoms with Crippen molar-refractivity contribution in [3.05, 3.63) is 29.8 Å². The van der Waals surface area contributed by atoms with Crippen molar-refractivity contribution in [3.8, 4) is 5.75 Å². The summed E-state index contributed by atoms with van der Waals surface area (Å²) in [6.45, 7) is 4.64. The number of carbonyl (C=O) groups is 2. The van der Waals surface area contributed by atoms with Gasteiger partial charge in [0.15, 0.2) is 5.78 Å². The van der Waals surface area contributed by atoms with Gasteiger partial charge in [-0.15, -0.1) is 0 Å². The maximum atomic E-state index is 11.7. The van der Waals surface area contributed by atoms with Crippen LogP contribution in [0.2, 0.25) is 0 Å². The molecule has 1 fully saturated rings. The highest BCUT2D eigenvalue weighted by molar-refractivity contribution is 6.05. The number of hydrogen-bond acceptors (Lipinski definition) is 3. The van der Waals surface area contributed by atoms with Crippen LogP contribution in [0.15, 0.2) is 24.3 Å². The standard InChI is InChI=1S/C14H17NO3/c1-3-18-13-7-5-4-6-12(13)10(2)15-9-11(16)8-14(15)17/h4-7,10H,3,8-9H2,1-2H3. The number of benzene rings is 1. The molecule has 0 bridgehead atoms. The number of nitrogens with zero attached hydrogens (tertiary/aromatic N) is 1. The maximum absolute atomic E-state index is 11.7. The van der Waals surface area contributed by atoms with E-state index in [0.29, 0.717) is 6.61 Å². The first kappa shape index (κ1) is 12.6. The third-order valence-corrected chi connectivity index (χ3v) is 3.15. The fourth-order valence-corrected chi connectivity index (χ4v) is 2.24. The van der Waals surface area contributed by atoms with Crippen LogP contribution in [0.25, 0.3) is 0 Å². The van der Waals surface area contributed by atoms with Gasteiger partial charge in [-0.05, 0) is 19.9 Å². The zero-order valence-corrected chi connectivity index (χ0v) is 10.7. The molecule has 0 spiro atoms. The highest BCUT2D eigenvalue weighted by atomic mass is 16.5. The fourth-order valence-electron chi connectivity index (χ4n) is 2.24. The third-order valence-electron chi connectivity index (χ3n) is 3.15. The second-order valence-corrected chi connectivity index (χ2v) is 4.38. The summed E-state index contributed by atoms with van der Waals surface area (Å²) in [5, 5.41) is 0. The number of ketones is 1. The van der Waals surface area contributed by atoms with Crippen LogP contribution in [0.4, 0.5) is 0 Å². The van der Waals surface area contributed by atoms with E-state index in [1.54, 1.807) is 4.90 Å². The van der Waals surface area contributed by atoms with Crippen LogP contribution in [0.5, 0.6) is 5.75 Å². The van der Waals surface area contributed by atoms with Crippen LogP contribution in [0.3, 0.4) is 0 Å². The Labute approximate surface area is 107 Å². The van der Waals surface area contributed by atoms with E-state index in [4.69, 9.17) is 4.74 Å². The molecule has 1 heterocycles. The van der Waals surface area contributed by atoms with Gasteiger partial charge in [-0.25, -0.2) is 0 Å². The van der Waals surface area contributed by atoms with Gasteiger partial charge in [0.25, 0.3) is 0 Å². The van der Waals surface area contributed by atoms with Gasteiger partial charge in [-0.3, -0.25) is 9.59 Å². The van der Waals surface area contributed by atoms with Crippen molar-refractivity contribution in [2.75, 3.05) is 13.2 Å². The summed E-state index contributed by atoms with van der Waals surface area (Å²) >= 11 is 0. The Balaban J connectivity index is 2.25. The van der Waals surface area contributed by atoms with Gasteiger partial charge in [-0.1, -0.05) is 18.2 Å². The summed E-state index contributed by atoms with van der Waals surface area (Å²) in [4.78, 5) is 24.7. The molecule has 1 aliphatic rings. The summed E-state index contributed by atoms with van der Waals surface area (Å²) in [6.07, 6.45) is 0.0289. The zero-order valence-electron chi connectivity index (χ0n) is 10.7. The molecule has 1 saturated heterocycles. The molecule has 1 unspecified atom stereocenters. The second kappa shape index (κ2) is 5.21. The first-order valence-corrected chi connectivity index (χ1v) is 6.16. The number of likely N-dealkylation sites (tertiary alicyclic amines) is 1. The minimum atomic E-state index is -0.133. The van der Waals surface area contributed by atoms with Gasteiger partial charge in [-0.2, -0.15) is 0 Å². The number of Topliss-reactive ketones (excluding diaryl/α,β-unsaturated/α-hetero) is 1. The summed E-state index contributed by atoms with van der Waals surface area (Å²) in [7, 11) is 0. The van der Waals surface area contributed by atoms with Crippen LogP contribution in [0, 0.1) is 0 Å².